The molecule has 0 unspecified atom stereocenters. The topological polar surface area (TPSA) is 84.3 Å². The number of thiophene rings is 1. The van der Waals surface area contributed by atoms with E-state index in [-0.39, 0.29) is 23.2 Å². The fourth-order valence-electron chi connectivity index (χ4n) is 4.21. The highest BCUT2D eigenvalue weighted by molar-refractivity contribution is 7.89. The van der Waals surface area contributed by atoms with Crippen molar-refractivity contribution in [1.82, 2.24) is 19.4 Å². The first-order valence-corrected chi connectivity index (χ1v) is 13.2. The van der Waals surface area contributed by atoms with Crippen LogP contribution in [-0.2, 0) is 21.4 Å². The Labute approximate surface area is 197 Å². The molecule has 3 heterocycles. The van der Waals surface area contributed by atoms with Crippen LogP contribution in [0.25, 0.3) is 0 Å². The molecule has 0 aliphatic carbocycles. The van der Waals surface area contributed by atoms with Gasteiger partial charge in [-0.15, -0.1) is 11.3 Å². The second-order valence-corrected chi connectivity index (χ2v) is 11.0. The number of carbonyl (C=O) groups is 1. The third-order valence-electron chi connectivity index (χ3n) is 5.86. The van der Waals surface area contributed by atoms with E-state index in [1.165, 1.54) is 32.5 Å². The second kappa shape index (κ2) is 9.74. The maximum Gasteiger partial charge on any atom is 0.246 e. The van der Waals surface area contributed by atoms with E-state index >= 15 is 0 Å². The number of aryl methyl sites for hydroxylation is 1. The number of benzene rings is 1. The number of nitrogens with zero attached hydrogens (tertiary/aromatic N) is 3. The van der Waals surface area contributed by atoms with E-state index in [4.69, 9.17) is 0 Å². The van der Waals surface area contributed by atoms with Gasteiger partial charge in [0.2, 0.25) is 15.9 Å². The molecule has 10 heteroatoms. The Kier molecular flexibility index (Phi) is 6.96. The van der Waals surface area contributed by atoms with E-state index in [2.05, 4.69) is 10.4 Å². The molecule has 1 amide bonds. The molecule has 33 heavy (non-hydrogen) atoms. The van der Waals surface area contributed by atoms with Crippen LogP contribution in [0.4, 0.5) is 4.39 Å². The fourth-order valence-corrected chi connectivity index (χ4v) is 6.91. The minimum Gasteiger partial charge on any atom is -0.343 e. The summed E-state index contributed by atoms with van der Waals surface area (Å²) in [6.07, 6.45) is 2.73. The molecule has 0 bridgehead atoms. The number of amides is 1. The van der Waals surface area contributed by atoms with Crippen molar-refractivity contribution in [2.75, 3.05) is 13.1 Å². The van der Waals surface area contributed by atoms with Gasteiger partial charge in [0.05, 0.1) is 17.4 Å². The van der Waals surface area contributed by atoms with Gasteiger partial charge in [-0.1, -0.05) is 24.6 Å². The highest BCUT2D eigenvalue weighted by Gasteiger charge is 2.32. The molecule has 1 saturated heterocycles. The Morgan fingerprint density at radius 2 is 1.85 bits per heavy atom. The van der Waals surface area contributed by atoms with Crippen molar-refractivity contribution >= 4 is 27.3 Å². The third kappa shape index (κ3) is 5.02. The summed E-state index contributed by atoms with van der Waals surface area (Å²) >= 11 is 1.49. The highest BCUT2D eigenvalue weighted by atomic mass is 32.2. The summed E-state index contributed by atoms with van der Waals surface area (Å²) < 4.78 is 42.8. The second-order valence-electron chi connectivity index (χ2n) is 8.19. The lowest BCUT2D eigenvalue weighted by Crippen LogP contribution is -2.36. The van der Waals surface area contributed by atoms with E-state index in [0.29, 0.717) is 24.5 Å². The lowest BCUT2D eigenvalue weighted by atomic mass is 10.1. The van der Waals surface area contributed by atoms with Gasteiger partial charge in [0.1, 0.15) is 17.3 Å². The summed E-state index contributed by atoms with van der Waals surface area (Å²) in [5, 5.41) is 9.27. The predicted molar refractivity (Wildman–Crippen MR) is 125 cm³/mol. The molecule has 0 radical (unpaired) electrons. The Hall–Kier alpha value is -2.56. The molecule has 0 saturated carbocycles. The largest absolute Gasteiger partial charge is 0.343 e. The minimum absolute atomic E-state index is 0.120. The molecule has 1 aromatic carbocycles. The van der Waals surface area contributed by atoms with Crippen LogP contribution in [0, 0.1) is 19.7 Å². The highest BCUT2D eigenvalue weighted by Crippen LogP contribution is 2.28. The summed E-state index contributed by atoms with van der Waals surface area (Å²) in [6.45, 7) is 4.23. The van der Waals surface area contributed by atoms with Gasteiger partial charge in [0, 0.05) is 18.0 Å². The van der Waals surface area contributed by atoms with Crippen molar-refractivity contribution in [1.29, 1.82) is 0 Å². The number of carbonyl (C=O) groups excluding carboxylic acids is 1. The number of aromatic nitrogens is 2. The molecular weight excluding hydrogens is 463 g/mol. The predicted octanol–water partition coefficient (Wildman–Crippen LogP) is 3.78. The quantitative estimate of drug-likeness (QED) is 0.546. The van der Waals surface area contributed by atoms with Gasteiger partial charge >= 0.3 is 0 Å². The Morgan fingerprint density at radius 1 is 1.15 bits per heavy atom. The lowest BCUT2D eigenvalue weighted by Gasteiger charge is -2.26. The first kappa shape index (κ1) is 23.6. The number of rotatable bonds is 7. The number of halogens is 1. The molecule has 7 nitrogen and oxygen atoms in total. The molecule has 1 fully saturated rings. The van der Waals surface area contributed by atoms with Gasteiger partial charge in [0.15, 0.2) is 0 Å². The molecular formula is C23H27FN4O3S2. The average Bonchev–Trinajstić information content (AvgIpc) is 3.42. The summed E-state index contributed by atoms with van der Waals surface area (Å²) in [7, 11) is -3.66. The summed E-state index contributed by atoms with van der Waals surface area (Å²) in [4.78, 5) is 14.1. The van der Waals surface area contributed by atoms with Crippen molar-refractivity contribution in [3.05, 3.63) is 69.4 Å². The molecule has 1 N–H and O–H groups in total. The first-order chi connectivity index (χ1) is 15.8. The van der Waals surface area contributed by atoms with Gasteiger partial charge in [0.25, 0.3) is 0 Å². The van der Waals surface area contributed by atoms with Gasteiger partial charge in [-0.3, -0.25) is 9.48 Å². The number of sulfonamides is 1. The van der Waals surface area contributed by atoms with Crippen LogP contribution < -0.4 is 5.32 Å². The maximum atomic E-state index is 13.4. The SMILES string of the molecule is Cc1nn(CC(=O)N[C@@H](c2ccc(F)cc2)c2cccs2)c(C)c1S(=O)(=O)N1CCCCC1. The third-order valence-corrected chi connectivity index (χ3v) is 8.95. The van der Waals surface area contributed by atoms with Crippen LogP contribution >= 0.6 is 11.3 Å². The molecule has 2 aromatic heterocycles. The standard InChI is InChI=1S/C23H27FN4O3S2/c1-16-23(33(30,31)27-12-4-3-5-13-27)17(2)28(26-16)15-21(29)25-22(20-7-6-14-32-20)18-8-10-19(24)11-9-18/h6-11,14,22H,3-5,12-13,15H2,1-2H3,(H,25,29)/t22-/m0/s1. The van der Waals surface area contributed by atoms with Crippen LogP contribution in [0.2, 0.25) is 0 Å². The number of hydrogen-bond acceptors (Lipinski definition) is 5. The fraction of sp³-hybridized carbons (Fsp3) is 0.391. The van der Waals surface area contributed by atoms with Crippen LogP contribution in [0.15, 0.2) is 46.7 Å². The van der Waals surface area contributed by atoms with Crippen LogP contribution in [0.3, 0.4) is 0 Å². The Bertz CT molecular complexity index is 1220. The molecule has 4 rings (SSSR count). The van der Waals surface area contributed by atoms with Gasteiger partial charge in [-0.05, 0) is 55.8 Å². The zero-order chi connectivity index (χ0) is 23.6. The molecule has 3 aromatic rings. The average molecular weight is 491 g/mol. The molecule has 176 valence electrons. The van der Waals surface area contributed by atoms with E-state index in [1.54, 1.807) is 26.0 Å². The number of nitrogens with one attached hydrogen (secondary N) is 1. The van der Waals surface area contributed by atoms with Gasteiger partial charge < -0.3 is 5.32 Å². The Balaban J connectivity index is 1.55. The van der Waals surface area contributed by atoms with Crippen molar-refractivity contribution < 1.29 is 17.6 Å². The van der Waals surface area contributed by atoms with Crippen molar-refractivity contribution in [2.24, 2.45) is 0 Å². The summed E-state index contributed by atoms with van der Waals surface area (Å²) in [6, 6.07) is 9.38. The maximum absolute atomic E-state index is 13.4. The van der Waals surface area contributed by atoms with E-state index < -0.39 is 16.1 Å². The van der Waals surface area contributed by atoms with E-state index in [0.717, 1.165) is 29.7 Å². The summed E-state index contributed by atoms with van der Waals surface area (Å²) in [5.41, 5.74) is 1.59. The Morgan fingerprint density at radius 3 is 2.48 bits per heavy atom. The summed E-state index contributed by atoms with van der Waals surface area (Å²) in [5.74, 6) is -0.662. The zero-order valence-electron chi connectivity index (χ0n) is 18.6. The number of piperidine rings is 1. The van der Waals surface area contributed by atoms with E-state index in [9.17, 15) is 17.6 Å². The van der Waals surface area contributed by atoms with Gasteiger partial charge in [-0.2, -0.15) is 9.40 Å². The molecule has 1 aliphatic heterocycles. The van der Waals surface area contributed by atoms with Crippen molar-refractivity contribution in [3.63, 3.8) is 0 Å². The van der Waals surface area contributed by atoms with Gasteiger partial charge in [-0.25, -0.2) is 12.8 Å². The monoisotopic (exact) mass is 490 g/mol. The van der Waals surface area contributed by atoms with Crippen molar-refractivity contribution in [3.8, 4) is 0 Å². The lowest BCUT2D eigenvalue weighted by molar-refractivity contribution is -0.122. The van der Waals surface area contributed by atoms with Crippen LogP contribution in [-0.4, -0.2) is 41.5 Å². The minimum atomic E-state index is -3.66. The smallest absolute Gasteiger partial charge is 0.246 e. The van der Waals surface area contributed by atoms with Crippen molar-refractivity contribution in [2.45, 2.75) is 50.6 Å². The first-order valence-electron chi connectivity index (χ1n) is 10.9. The van der Waals surface area contributed by atoms with E-state index in [1.807, 2.05) is 17.5 Å². The number of hydrogen-bond donors (Lipinski definition) is 1. The van der Waals surface area contributed by atoms with Crippen LogP contribution in [0.5, 0.6) is 0 Å². The molecule has 1 atom stereocenters. The normalized spacial score (nSPS) is 16.0. The van der Waals surface area contributed by atoms with Crippen LogP contribution in [0.1, 0.15) is 47.1 Å². The molecule has 0 spiro atoms. The zero-order valence-corrected chi connectivity index (χ0v) is 20.3. The molecule has 1 aliphatic rings.